The van der Waals surface area contributed by atoms with Crippen molar-refractivity contribution in [3.63, 3.8) is 0 Å². The van der Waals surface area contributed by atoms with Gasteiger partial charge >= 0.3 is 11.9 Å². The van der Waals surface area contributed by atoms with Crippen molar-refractivity contribution in [2.24, 2.45) is 0 Å². The Balaban J connectivity index is 2.35. The molecule has 7 nitrogen and oxygen atoms in total. The van der Waals surface area contributed by atoms with E-state index in [2.05, 4.69) is 19.7 Å². The number of halogens is 1. The predicted octanol–water partition coefficient (Wildman–Crippen LogP) is 1.22. The Labute approximate surface area is 146 Å². The Bertz CT molecular complexity index is 670. The quantitative estimate of drug-likeness (QED) is 0.632. The van der Waals surface area contributed by atoms with Gasteiger partial charge in [0.25, 0.3) is 0 Å². The van der Waals surface area contributed by atoms with Gasteiger partial charge in [-0.3, -0.25) is 0 Å². The molecule has 2 rings (SSSR count). The largest absolute Gasteiger partial charge is 0.466 e. The second-order valence-electron chi connectivity index (χ2n) is 5.62. The van der Waals surface area contributed by atoms with Gasteiger partial charge in [-0.15, -0.1) is 0 Å². The van der Waals surface area contributed by atoms with Crippen molar-refractivity contribution in [1.29, 1.82) is 0 Å². The summed E-state index contributed by atoms with van der Waals surface area (Å²) in [6.45, 7) is 3.14. The zero-order valence-corrected chi connectivity index (χ0v) is 14.5. The molecule has 0 unspecified atom stereocenters. The maximum absolute atomic E-state index is 14.4. The lowest BCUT2D eigenvalue weighted by atomic mass is 10.2. The summed E-state index contributed by atoms with van der Waals surface area (Å²) in [4.78, 5) is 27.6. The van der Waals surface area contributed by atoms with Crippen LogP contribution in [0.1, 0.15) is 0 Å². The monoisotopic (exact) mass is 351 g/mol. The summed E-state index contributed by atoms with van der Waals surface area (Å²) in [5.74, 6) is -2.07. The van der Waals surface area contributed by atoms with Crippen LogP contribution in [0.2, 0.25) is 0 Å². The normalized spacial score (nSPS) is 15.7. The summed E-state index contributed by atoms with van der Waals surface area (Å²) >= 11 is 0. The highest BCUT2D eigenvalue weighted by Crippen LogP contribution is 2.30. The Morgan fingerprint density at radius 2 is 1.84 bits per heavy atom. The number of anilines is 2. The molecule has 0 atom stereocenters. The second kappa shape index (κ2) is 8.48. The van der Waals surface area contributed by atoms with Crippen molar-refractivity contribution >= 4 is 23.3 Å². The molecule has 8 heteroatoms. The molecular weight excluding hydrogens is 329 g/mol. The number of nitrogens with one attached hydrogen (secondary N) is 1. The van der Waals surface area contributed by atoms with Crippen molar-refractivity contribution in [3.05, 3.63) is 35.8 Å². The molecule has 0 saturated carbocycles. The first-order chi connectivity index (χ1) is 12.0. The van der Waals surface area contributed by atoms with Gasteiger partial charge in [0.1, 0.15) is 11.5 Å². The van der Waals surface area contributed by atoms with Gasteiger partial charge in [0, 0.05) is 26.2 Å². The number of carbonyl (C=O) groups is 2. The number of hydrogen-bond acceptors (Lipinski definition) is 7. The third kappa shape index (κ3) is 4.69. The van der Waals surface area contributed by atoms with Crippen molar-refractivity contribution in [3.8, 4) is 0 Å². The third-order valence-electron chi connectivity index (χ3n) is 3.96. The first kappa shape index (κ1) is 18.7. The van der Waals surface area contributed by atoms with Crippen LogP contribution >= 0.6 is 0 Å². The topological polar surface area (TPSA) is 71.1 Å². The minimum atomic E-state index is -0.794. The van der Waals surface area contributed by atoms with E-state index in [0.717, 1.165) is 32.3 Å². The first-order valence-corrected chi connectivity index (χ1v) is 7.83. The minimum absolute atomic E-state index is 0.118. The standard InChI is InChI=1S/C17H22FN3O4/c1-20-7-9-21(10-8-20)14-6-4-5-12(18)16(14)19-13(17(23)25-3)11-15(22)24-2/h4-6,11,19H,7-10H2,1-3H3/b13-11+. The van der Waals surface area contributed by atoms with E-state index in [-0.39, 0.29) is 11.4 Å². The number of methoxy groups -OCH3 is 2. The smallest absolute Gasteiger partial charge is 0.354 e. The number of esters is 2. The van der Waals surface area contributed by atoms with E-state index >= 15 is 0 Å². The fourth-order valence-electron chi connectivity index (χ4n) is 2.51. The van der Waals surface area contributed by atoms with Crippen LogP contribution in [-0.4, -0.2) is 64.3 Å². The molecule has 0 aromatic heterocycles. The molecule has 1 saturated heterocycles. The van der Waals surface area contributed by atoms with Gasteiger partial charge < -0.3 is 24.6 Å². The maximum atomic E-state index is 14.4. The summed E-state index contributed by atoms with van der Waals surface area (Å²) in [5, 5.41) is 2.70. The Kier molecular flexibility index (Phi) is 6.35. The average molecular weight is 351 g/mol. The third-order valence-corrected chi connectivity index (χ3v) is 3.96. The van der Waals surface area contributed by atoms with Crippen molar-refractivity contribution in [2.45, 2.75) is 0 Å². The van der Waals surface area contributed by atoms with Crippen molar-refractivity contribution < 1.29 is 23.5 Å². The first-order valence-electron chi connectivity index (χ1n) is 7.83. The van der Waals surface area contributed by atoms with Crippen LogP contribution in [0.15, 0.2) is 30.0 Å². The number of para-hydroxylation sites is 1. The fourth-order valence-corrected chi connectivity index (χ4v) is 2.51. The van der Waals surface area contributed by atoms with Crippen LogP contribution in [0, 0.1) is 5.82 Å². The van der Waals surface area contributed by atoms with Crippen LogP contribution in [-0.2, 0) is 19.1 Å². The second-order valence-corrected chi connectivity index (χ2v) is 5.62. The fraction of sp³-hybridized carbons (Fsp3) is 0.412. The molecule has 1 aromatic rings. The van der Waals surface area contributed by atoms with E-state index in [0.29, 0.717) is 5.69 Å². The number of hydrogen-bond donors (Lipinski definition) is 1. The van der Waals surface area contributed by atoms with Crippen molar-refractivity contribution in [1.82, 2.24) is 4.90 Å². The van der Waals surface area contributed by atoms with Gasteiger partial charge in [0.15, 0.2) is 0 Å². The van der Waals surface area contributed by atoms with Gasteiger partial charge in [-0.05, 0) is 19.2 Å². The molecule has 0 spiro atoms. The SMILES string of the molecule is COC(=O)/C=C(/Nc1c(F)cccc1N1CCN(C)CC1)C(=O)OC. The number of benzene rings is 1. The van der Waals surface area contributed by atoms with E-state index < -0.39 is 17.8 Å². The summed E-state index contributed by atoms with van der Waals surface area (Å²) in [7, 11) is 4.39. The minimum Gasteiger partial charge on any atom is -0.466 e. The lowest BCUT2D eigenvalue weighted by Gasteiger charge is -2.35. The summed E-state index contributed by atoms with van der Waals surface area (Å²) < 4.78 is 23.6. The van der Waals surface area contributed by atoms with Crippen molar-refractivity contribution in [2.75, 3.05) is 57.7 Å². The molecule has 0 bridgehead atoms. The van der Waals surface area contributed by atoms with E-state index in [4.69, 9.17) is 0 Å². The molecule has 1 aliphatic heterocycles. The summed E-state index contributed by atoms with van der Waals surface area (Å²) in [5.41, 5.74) is 0.537. The highest BCUT2D eigenvalue weighted by Gasteiger charge is 2.22. The zero-order valence-electron chi connectivity index (χ0n) is 14.5. The molecule has 1 aliphatic rings. The molecule has 0 amide bonds. The Hall–Kier alpha value is -2.61. The lowest BCUT2D eigenvalue weighted by Crippen LogP contribution is -2.44. The molecule has 25 heavy (non-hydrogen) atoms. The van der Waals surface area contributed by atoms with Crippen LogP contribution in [0.5, 0.6) is 0 Å². The van der Waals surface area contributed by atoms with Crippen LogP contribution < -0.4 is 10.2 Å². The lowest BCUT2D eigenvalue weighted by molar-refractivity contribution is -0.138. The molecule has 136 valence electrons. The molecular formula is C17H22FN3O4. The number of likely N-dealkylation sites (N-methyl/N-ethyl adjacent to an activating group) is 1. The van der Waals surface area contributed by atoms with E-state index in [9.17, 15) is 14.0 Å². The van der Waals surface area contributed by atoms with E-state index in [1.165, 1.54) is 20.3 Å². The highest BCUT2D eigenvalue weighted by molar-refractivity contribution is 5.99. The Morgan fingerprint density at radius 3 is 2.44 bits per heavy atom. The number of carbonyl (C=O) groups excluding carboxylic acids is 2. The summed E-state index contributed by atoms with van der Waals surface area (Å²) in [6.07, 6.45) is 0.937. The molecule has 0 aliphatic carbocycles. The highest BCUT2D eigenvalue weighted by atomic mass is 19.1. The molecule has 1 aromatic carbocycles. The summed E-state index contributed by atoms with van der Waals surface area (Å²) in [6, 6.07) is 4.66. The van der Waals surface area contributed by atoms with Gasteiger partial charge in [-0.25, -0.2) is 14.0 Å². The predicted molar refractivity (Wildman–Crippen MR) is 91.8 cm³/mol. The molecule has 1 N–H and O–H groups in total. The van der Waals surface area contributed by atoms with Crippen LogP contribution in [0.3, 0.4) is 0 Å². The zero-order chi connectivity index (χ0) is 18.4. The van der Waals surface area contributed by atoms with Gasteiger partial charge in [-0.2, -0.15) is 0 Å². The van der Waals surface area contributed by atoms with Gasteiger partial charge in [-0.1, -0.05) is 6.07 Å². The maximum Gasteiger partial charge on any atom is 0.354 e. The average Bonchev–Trinajstić information content (AvgIpc) is 2.62. The molecule has 1 fully saturated rings. The van der Waals surface area contributed by atoms with Crippen LogP contribution in [0.4, 0.5) is 15.8 Å². The Morgan fingerprint density at radius 1 is 1.16 bits per heavy atom. The van der Waals surface area contributed by atoms with Crippen LogP contribution in [0.25, 0.3) is 0 Å². The number of piperazine rings is 1. The van der Waals surface area contributed by atoms with E-state index in [1.54, 1.807) is 12.1 Å². The van der Waals surface area contributed by atoms with Gasteiger partial charge in [0.2, 0.25) is 0 Å². The molecule has 1 heterocycles. The number of nitrogens with zero attached hydrogens (tertiary/aromatic N) is 2. The van der Waals surface area contributed by atoms with E-state index in [1.807, 2.05) is 11.9 Å². The number of ether oxygens (including phenoxy) is 2. The van der Waals surface area contributed by atoms with Gasteiger partial charge in [0.05, 0.1) is 31.7 Å². The number of rotatable bonds is 5. The molecule has 0 radical (unpaired) electrons.